The second-order valence-electron chi connectivity index (χ2n) is 5.78. The van der Waals surface area contributed by atoms with Crippen LogP contribution in [-0.2, 0) is 13.6 Å². The van der Waals surface area contributed by atoms with Gasteiger partial charge in [0.15, 0.2) is 0 Å². The van der Waals surface area contributed by atoms with Crippen molar-refractivity contribution >= 4 is 0 Å². The number of benzene rings is 1. The highest BCUT2D eigenvalue weighted by Crippen LogP contribution is 2.26. The van der Waals surface area contributed by atoms with E-state index < -0.39 is 0 Å². The Balaban J connectivity index is 1.92. The summed E-state index contributed by atoms with van der Waals surface area (Å²) in [7, 11) is 1.99. The first-order valence-corrected chi connectivity index (χ1v) is 7.19. The summed E-state index contributed by atoms with van der Waals surface area (Å²) < 4.78 is 1.94. The lowest BCUT2D eigenvalue weighted by Gasteiger charge is -2.18. The van der Waals surface area contributed by atoms with Crippen molar-refractivity contribution in [2.24, 2.45) is 12.8 Å². The van der Waals surface area contributed by atoms with Crippen molar-refractivity contribution in [3.05, 3.63) is 41.6 Å². The van der Waals surface area contributed by atoms with E-state index in [1.807, 2.05) is 17.9 Å². The maximum Gasteiger partial charge on any atom is 0.0682 e. The smallest absolute Gasteiger partial charge is 0.0682 e. The average Bonchev–Trinajstić information content (AvgIpc) is 3.01. The van der Waals surface area contributed by atoms with E-state index in [2.05, 4.69) is 41.2 Å². The molecule has 1 aromatic heterocycles. The molecule has 20 heavy (non-hydrogen) atoms. The number of hydrogen-bond acceptors (Lipinski definition) is 3. The molecular formula is C16H22N4. The Morgan fingerprint density at radius 2 is 2.20 bits per heavy atom. The standard InChI is InChI=1S/C16H22N4/c1-12-3-4-13(10-20-8-6-14(17)11-20)15(9-12)16-5-7-18-19(16)2/h3-5,7,9,14H,6,8,10-11,17H2,1-2H3. The summed E-state index contributed by atoms with van der Waals surface area (Å²) >= 11 is 0. The maximum atomic E-state index is 6.00. The Kier molecular flexibility index (Phi) is 3.59. The molecule has 4 heteroatoms. The van der Waals surface area contributed by atoms with Gasteiger partial charge in [0.2, 0.25) is 0 Å². The van der Waals surface area contributed by atoms with E-state index in [-0.39, 0.29) is 0 Å². The van der Waals surface area contributed by atoms with Crippen LogP contribution in [-0.4, -0.2) is 33.8 Å². The molecule has 0 amide bonds. The van der Waals surface area contributed by atoms with Gasteiger partial charge in [-0.15, -0.1) is 0 Å². The maximum absolute atomic E-state index is 6.00. The van der Waals surface area contributed by atoms with Gasteiger partial charge >= 0.3 is 0 Å². The number of nitrogens with two attached hydrogens (primary N) is 1. The van der Waals surface area contributed by atoms with E-state index >= 15 is 0 Å². The van der Waals surface area contributed by atoms with Crippen LogP contribution in [0.25, 0.3) is 11.3 Å². The molecule has 1 saturated heterocycles. The largest absolute Gasteiger partial charge is 0.326 e. The van der Waals surface area contributed by atoms with Gasteiger partial charge in [-0.3, -0.25) is 9.58 Å². The van der Waals surface area contributed by atoms with Gasteiger partial charge in [0, 0.05) is 44.5 Å². The quantitative estimate of drug-likeness (QED) is 0.927. The first kappa shape index (κ1) is 13.3. The highest BCUT2D eigenvalue weighted by atomic mass is 15.3. The summed E-state index contributed by atoms with van der Waals surface area (Å²) in [6, 6.07) is 9.09. The molecule has 0 aliphatic carbocycles. The van der Waals surface area contributed by atoms with E-state index in [0.717, 1.165) is 26.1 Å². The number of aryl methyl sites for hydroxylation is 2. The van der Waals surface area contributed by atoms with Crippen molar-refractivity contribution in [3.63, 3.8) is 0 Å². The molecule has 0 bridgehead atoms. The Hall–Kier alpha value is -1.65. The van der Waals surface area contributed by atoms with Crippen molar-refractivity contribution in [2.75, 3.05) is 13.1 Å². The first-order chi connectivity index (χ1) is 9.63. The molecule has 0 radical (unpaired) electrons. The van der Waals surface area contributed by atoms with Crippen molar-refractivity contribution in [1.82, 2.24) is 14.7 Å². The molecule has 1 atom stereocenters. The van der Waals surface area contributed by atoms with Crippen molar-refractivity contribution < 1.29 is 0 Å². The van der Waals surface area contributed by atoms with Crippen LogP contribution in [0.4, 0.5) is 0 Å². The molecule has 3 rings (SSSR count). The zero-order valence-corrected chi connectivity index (χ0v) is 12.2. The van der Waals surface area contributed by atoms with Gasteiger partial charge in [0.1, 0.15) is 0 Å². The topological polar surface area (TPSA) is 47.1 Å². The van der Waals surface area contributed by atoms with E-state index in [4.69, 9.17) is 5.73 Å². The Bertz CT molecular complexity index is 602. The summed E-state index contributed by atoms with van der Waals surface area (Å²) in [5, 5.41) is 4.29. The third-order valence-corrected chi connectivity index (χ3v) is 4.07. The van der Waals surface area contributed by atoms with E-state index in [0.29, 0.717) is 6.04 Å². The number of nitrogens with zero attached hydrogens (tertiary/aromatic N) is 3. The van der Waals surface area contributed by atoms with E-state index in [9.17, 15) is 0 Å². The molecule has 106 valence electrons. The van der Waals surface area contributed by atoms with Crippen LogP contribution in [0.1, 0.15) is 17.5 Å². The van der Waals surface area contributed by atoms with Gasteiger partial charge in [-0.1, -0.05) is 17.7 Å². The molecule has 2 N–H and O–H groups in total. The second kappa shape index (κ2) is 5.38. The fraction of sp³-hybridized carbons (Fsp3) is 0.438. The predicted octanol–water partition coefficient (Wildman–Crippen LogP) is 1.93. The third kappa shape index (κ3) is 2.62. The lowest BCUT2D eigenvalue weighted by Crippen LogP contribution is -2.26. The SMILES string of the molecule is Cc1ccc(CN2CCC(N)C2)c(-c2ccnn2C)c1. The molecule has 1 aliphatic heterocycles. The zero-order valence-electron chi connectivity index (χ0n) is 12.2. The fourth-order valence-corrected chi connectivity index (χ4v) is 2.95. The second-order valence-corrected chi connectivity index (χ2v) is 5.78. The summed E-state index contributed by atoms with van der Waals surface area (Å²) in [4.78, 5) is 2.44. The van der Waals surface area contributed by atoms with Gasteiger partial charge in [-0.05, 0) is 31.0 Å². The number of aromatic nitrogens is 2. The van der Waals surface area contributed by atoms with Crippen LogP contribution < -0.4 is 5.73 Å². The van der Waals surface area contributed by atoms with E-state index in [1.54, 1.807) is 0 Å². The minimum Gasteiger partial charge on any atom is -0.326 e. The third-order valence-electron chi connectivity index (χ3n) is 4.07. The van der Waals surface area contributed by atoms with Gasteiger partial charge in [0.25, 0.3) is 0 Å². The average molecular weight is 270 g/mol. The molecule has 1 fully saturated rings. The number of likely N-dealkylation sites (tertiary alicyclic amines) is 1. The van der Waals surface area contributed by atoms with Crippen LogP contribution in [0, 0.1) is 6.92 Å². The molecule has 1 aliphatic rings. The molecule has 0 saturated carbocycles. The minimum atomic E-state index is 0.334. The Labute approximate surface area is 120 Å². The summed E-state index contributed by atoms with van der Waals surface area (Å²) in [5.41, 5.74) is 11.1. The van der Waals surface area contributed by atoms with Gasteiger partial charge in [0.05, 0.1) is 5.69 Å². The van der Waals surface area contributed by atoms with Crippen LogP contribution in [0.15, 0.2) is 30.5 Å². The number of hydrogen-bond donors (Lipinski definition) is 1. The monoisotopic (exact) mass is 270 g/mol. The molecule has 1 unspecified atom stereocenters. The van der Waals surface area contributed by atoms with Gasteiger partial charge in [-0.25, -0.2) is 0 Å². The van der Waals surface area contributed by atoms with Crippen LogP contribution in [0.3, 0.4) is 0 Å². The Morgan fingerprint density at radius 3 is 2.85 bits per heavy atom. The molecule has 0 spiro atoms. The zero-order chi connectivity index (χ0) is 14.1. The predicted molar refractivity (Wildman–Crippen MR) is 81.3 cm³/mol. The van der Waals surface area contributed by atoms with Crippen LogP contribution >= 0.6 is 0 Å². The summed E-state index contributed by atoms with van der Waals surface area (Å²) in [6.07, 6.45) is 2.96. The molecule has 2 aromatic rings. The van der Waals surface area contributed by atoms with Crippen molar-refractivity contribution in [3.8, 4) is 11.3 Å². The fourth-order valence-electron chi connectivity index (χ4n) is 2.95. The normalized spacial score (nSPS) is 19.6. The highest BCUT2D eigenvalue weighted by Gasteiger charge is 2.20. The van der Waals surface area contributed by atoms with Crippen LogP contribution in [0.2, 0.25) is 0 Å². The van der Waals surface area contributed by atoms with Crippen LogP contribution in [0.5, 0.6) is 0 Å². The molecule has 4 nitrogen and oxygen atoms in total. The summed E-state index contributed by atoms with van der Waals surface area (Å²) in [5.74, 6) is 0. The number of rotatable bonds is 3. The van der Waals surface area contributed by atoms with Crippen molar-refractivity contribution in [2.45, 2.75) is 25.9 Å². The Morgan fingerprint density at radius 1 is 1.35 bits per heavy atom. The van der Waals surface area contributed by atoms with E-state index in [1.165, 1.54) is 22.4 Å². The summed E-state index contributed by atoms with van der Waals surface area (Å²) in [6.45, 7) is 5.20. The first-order valence-electron chi connectivity index (χ1n) is 7.19. The molecular weight excluding hydrogens is 248 g/mol. The lowest BCUT2D eigenvalue weighted by molar-refractivity contribution is 0.327. The molecule has 2 heterocycles. The van der Waals surface area contributed by atoms with Crippen molar-refractivity contribution in [1.29, 1.82) is 0 Å². The molecule has 1 aromatic carbocycles. The highest BCUT2D eigenvalue weighted by molar-refractivity contribution is 5.64. The lowest BCUT2D eigenvalue weighted by atomic mass is 10.0. The van der Waals surface area contributed by atoms with Gasteiger partial charge < -0.3 is 5.73 Å². The van der Waals surface area contributed by atoms with Gasteiger partial charge in [-0.2, -0.15) is 5.10 Å². The minimum absolute atomic E-state index is 0.334.